The van der Waals surface area contributed by atoms with Crippen LogP contribution in [-0.4, -0.2) is 61.0 Å². The first kappa shape index (κ1) is 14.8. The maximum absolute atomic E-state index is 13.0. The minimum Gasteiger partial charge on any atom is -0.339 e. The molecule has 2 fully saturated rings. The molecule has 2 aliphatic rings. The molecule has 2 heterocycles. The molecule has 1 N–H and O–H groups in total. The van der Waals surface area contributed by atoms with Gasteiger partial charge in [0.15, 0.2) is 0 Å². The van der Waals surface area contributed by atoms with E-state index in [9.17, 15) is 4.79 Å². The summed E-state index contributed by atoms with van der Waals surface area (Å²) < 4.78 is 0. The molecular weight excluding hydrogens is 238 g/mol. The van der Waals surface area contributed by atoms with Gasteiger partial charge in [-0.25, -0.2) is 0 Å². The van der Waals surface area contributed by atoms with Gasteiger partial charge in [-0.2, -0.15) is 0 Å². The van der Waals surface area contributed by atoms with Gasteiger partial charge in [-0.05, 0) is 40.3 Å². The number of likely N-dealkylation sites (N-methyl/N-ethyl adjacent to an activating group) is 1. The van der Waals surface area contributed by atoms with Crippen LogP contribution in [0.4, 0.5) is 0 Å². The number of piperazine rings is 1. The number of hydrogen-bond acceptors (Lipinski definition) is 3. The quantitative estimate of drug-likeness (QED) is 0.837. The molecule has 4 heteroatoms. The van der Waals surface area contributed by atoms with Crippen molar-refractivity contribution in [3.8, 4) is 0 Å². The van der Waals surface area contributed by atoms with Gasteiger partial charge in [0.1, 0.15) is 0 Å². The Bertz CT molecular complexity index is 313. The summed E-state index contributed by atoms with van der Waals surface area (Å²) in [5, 5.41) is 3.39. The first-order chi connectivity index (χ1) is 9.00. The number of carbonyl (C=O) groups excluding carboxylic acids is 1. The van der Waals surface area contributed by atoms with Gasteiger partial charge in [0, 0.05) is 31.7 Å². The number of rotatable bonds is 3. The van der Waals surface area contributed by atoms with E-state index in [1.807, 2.05) is 0 Å². The van der Waals surface area contributed by atoms with Crippen LogP contribution in [-0.2, 0) is 4.79 Å². The van der Waals surface area contributed by atoms with Gasteiger partial charge in [0.2, 0.25) is 5.91 Å². The van der Waals surface area contributed by atoms with Gasteiger partial charge in [-0.3, -0.25) is 9.69 Å². The maximum Gasteiger partial charge on any atom is 0.230 e. The second kappa shape index (κ2) is 5.80. The molecule has 0 spiro atoms. The summed E-state index contributed by atoms with van der Waals surface area (Å²) >= 11 is 0. The topological polar surface area (TPSA) is 35.6 Å². The van der Waals surface area contributed by atoms with Gasteiger partial charge >= 0.3 is 0 Å². The summed E-state index contributed by atoms with van der Waals surface area (Å²) in [6.45, 7) is 10.2. The zero-order valence-electron chi connectivity index (χ0n) is 12.9. The van der Waals surface area contributed by atoms with E-state index in [0.717, 1.165) is 45.4 Å². The predicted molar refractivity (Wildman–Crippen MR) is 78.1 cm³/mol. The third-order valence-electron chi connectivity index (χ3n) is 5.07. The highest BCUT2D eigenvalue weighted by Crippen LogP contribution is 2.34. The van der Waals surface area contributed by atoms with Crippen LogP contribution in [0.15, 0.2) is 0 Å². The Labute approximate surface area is 117 Å². The Balaban J connectivity index is 2.10. The number of amides is 1. The van der Waals surface area contributed by atoms with E-state index in [1.165, 1.54) is 0 Å². The van der Waals surface area contributed by atoms with Crippen molar-refractivity contribution in [2.24, 2.45) is 5.41 Å². The van der Waals surface area contributed by atoms with Crippen molar-refractivity contribution in [2.75, 3.05) is 33.2 Å². The van der Waals surface area contributed by atoms with Gasteiger partial charge in [0.05, 0.1) is 5.41 Å². The lowest BCUT2D eigenvalue weighted by Gasteiger charge is -2.45. The van der Waals surface area contributed by atoms with Crippen LogP contribution in [0.5, 0.6) is 0 Å². The molecule has 0 radical (unpaired) electrons. The van der Waals surface area contributed by atoms with E-state index in [-0.39, 0.29) is 5.41 Å². The Morgan fingerprint density at radius 2 is 1.95 bits per heavy atom. The van der Waals surface area contributed by atoms with Crippen LogP contribution >= 0.6 is 0 Å². The molecule has 3 atom stereocenters. The second-order valence-electron chi connectivity index (χ2n) is 6.53. The van der Waals surface area contributed by atoms with Crippen LogP contribution < -0.4 is 5.32 Å². The molecule has 4 nitrogen and oxygen atoms in total. The molecule has 2 rings (SSSR count). The van der Waals surface area contributed by atoms with Crippen molar-refractivity contribution >= 4 is 5.91 Å². The Hall–Kier alpha value is -0.610. The lowest BCUT2D eigenvalue weighted by Crippen LogP contribution is -2.59. The summed E-state index contributed by atoms with van der Waals surface area (Å²) in [5.41, 5.74) is -0.121. The average molecular weight is 267 g/mol. The van der Waals surface area contributed by atoms with Crippen LogP contribution in [0.2, 0.25) is 0 Å². The predicted octanol–water partition coefficient (Wildman–Crippen LogP) is 1.32. The number of carbonyl (C=O) groups is 1. The molecular formula is C15H29N3O. The van der Waals surface area contributed by atoms with Crippen molar-refractivity contribution in [3.63, 3.8) is 0 Å². The molecule has 3 unspecified atom stereocenters. The summed E-state index contributed by atoms with van der Waals surface area (Å²) in [6, 6.07) is 0.918. The van der Waals surface area contributed by atoms with Gasteiger partial charge in [-0.1, -0.05) is 13.3 Å². The standard InChI is InChI=1S/C15H29N3O/c1-5-6-15(7-8-16-11-15)14(19)18-9-12(2)17(4)13(3)10-18/h12-13,16H,5-11H2,1-4H3. The number of hydrogen-bond donors (Lipinski definition) is 1. The highest BCUT2D eigenvalue weighted by atomic mass is 16.2. The molecule has 0 aromatic heterocycles. The van der Waals surface area contributed by atoms with E-state index in [1.54, 1.807) is 0 Å². The van der Waals surface area contributed by atoms with Crippen LogP contribution in [0.3, 0.4) is 0 Å². The van der Waals surface area contributed by atoms with Crippen molar-refractivity contribution < 1.29 is 4.79 Å². The van der Waals surface area contributed by atoms with Crippen molar-refractivity contribution in [2.45, 2.75) is 52.1 Å². The molecule has 0 bridgehead atoms. The fourth-order valence-corrected chi connectivity index (χ4v) is 3.63. The molecule has 0 aromatic rings. The Morgan fingerprint density at radius 3 is 2.42 bits per heavy atom. The highest BCUT2D eigenvalue weighted by Gasteiger charge is 2.44. The van der Waals surface area contributed by atoms with Crippen molar-refractivity contribution in [1.82, 2.24) is 15.1 Å². The first-order valence-corrected chi connectivity index (χ1v) is 7.72. The minimum absolute atomic E-state index is 0.121. The largest absolute Gasteiger partial charge is 0.339 e. The van der Waals surface area contributed by atoms with E-state index in [0.29, 0.717) is 18.0 Å². The monoisotopic (exact) mass is 267 g/mol. The van der Waals surface area contributed by atoms with E-state index >= 15 is 0 Å². The van der Waals surface area contributed by atoms with Crippen molar-refractivity contribution in [3.05, 3.63) is 0 Å². The smallest absolute Gasteiger partial charge is 0.230 e. The summed E-state index contributed by atoms with van der Waals surface area (Å²) in [6.07, 6.45) is 3.12. The summed E-state index contributed by atoms with van der Waals surface area (Å²) in [5.74, 6) is 0.395. The van der Waals surface area contributed by atoms with Crippen LogP contribution in [0.1, 0.15) is 40.0 Å². The van der Waals surface area contributed by atoms with Crippen LogP contribution in [0.25, 0.3) is 0 Å². The SMILES string of the molecule is CCCC1(C(=O)N2CC(C)N(C)C(C)C2)CCNC1. The number of nitrogens with zero attached hydrogens (tertiary/aromatic N) is 2. The highest BCUT2D eigenvalue weighted by molar-refractivity contribution is 5.83. The number of nitrogens with one attached hydrogen (secondary N) is 1. The van der Waals surface area contributed by atoms with Gasteiger partial charge in [0.25, 0.3) is 0 Å². The first-order valence-electron chi connectivity index (χ1n) is 7.72. The molecule has 0 saturated carbocycles. The zero-order valence-corrected chi connectivity index (χ0v) is 12.9. The average Bonchev–Trinajstić information content (AvgIpc) is 2.84. The fraction of sp³-hybridized carbons (Fsp3) is 0.933. The van der Waals surface area contributed by atoms with Gasteiger partial charge in [-0.15, -0.1) is 0 Å². The lowest BCUT2D eigenvalue weighted by atomic mass is 9.80. The normalized spacial score (nSPS) is 36.7. The molecule has 0 aromatic carbocycles. The lowest BCUT2D eigenvalue weighted by molar-refractivity contribution is -0.145. The molecule has 0 aliphatic carbocycles. The molecule has 2 saturated heterocycles. The van der Waals surface area contributed by atoms with E-state index < -0.39 is 0 Å². The van der Waals surface area contributed by atoms with E-state index in [2.05, 4.69) is 42.9 Å². The Morgan fingerprint density at radius 1 is 1.32 bits per heavy atom. The third kappa shape index (κ3) is 2.79. The third-order valence-corrected chi connectivity index (χ3v) is 5.07. The summed E-state index contributed by atoms with van der Waals surface area (Å²) in [7, 11) is 2.16. The molecule has 1 amide bonds. The molecule has 110 valence electrons. The fourth-order valence-electron chi connectivity index (χ4n) is 3.63. The second-order valence-corrected chi connectivity index (χ2v) is 6.53. The molecule has 2 aliphatic heterocycles. The van der Waals surface area contributed by atoms with Gasteiger partial charge < -0.3 is 10.2 Å². The molecule has 19 heavy (non-hydrogen) atoms. The zero-order chi connectivity index (χ0) is 14.0. The Kier molecular flexibility index (Phi) is 4.51. The van der Waals surface area contributed by atoms with E-state index in [4.69, 9.17) is 0 Å². The van der Waals surface area contributed by atoms with Crippen LogP contribution in [0, 0.1) is 5.41 Å². The summed E-state index contributed by atoms with van der Waals surface area (Å²) in [4.78, 5) is 17.5. The van der Waals surface area contributed by atoms with Crippen molar-refractivity contribution in [1.29, 1.82) is 0 Å². The maximum atomic E-state index is 13.0. The minimum atomic E-state index is -0.121.